The molecule has 128 valence electrons. The molecule has 1 aliphatic rings. The Kier molecular flexibility index (Phi) is 5.53. The van der Waals surface area contributed by atoms with Gasteiger partial charge in [-0.25, -0.2) is 0 Å². The van der Waals surface area contributed by atoms with Gasteiger partial charge in [-0.15, -0.1) is 0 Å². The van der Waals surface area contributed by atoms with Crippen molar-refractivity contribution in [2.45, 2.75) is 36.8 Å². The van der Waals surface area contributed by atoms with Crippen LogP contribution < -0.4 is 5.32 Å². The summed E-state index contributed by atoms with van der Waals surface area (Å²) in [4.78, 5) is 12.0. The first kappa shape index (κ1) is 18.4. The fourth-order valence-corrected chi connectivity index (χ4v) is 2.86. The van der Waals surface area contributed by atoms with E-state index in [1.54, 1.807) is 6.92 Å². The predicted octanol–water partition coefficient (Wildman–Crippen LogP) is 3.80. The van der Waals surface area contributed by atoms with E-state index in [9.17, 15) is 18.0 Å². The van der Waals surface area contributed by atoms with E-state index < -0.39 is 28.6 Å². The molecule has 0 bridgehead atoms. The van der Waals surface area contributed by atoms with Gasteiger partial charge in [0.25, 0.3) is 0 Å². The third kappa shape index (κ3) is 4.14. The van der Waals surface area contributed by atoms with Gasteiger partial charge in [0, 0.05) is 12.8 Å². The zero-order chi connectivity index (χ0) is 17.3. The number of benzene rings is 1. The molecule has 1 atom stereocenters. The molecule has 0 spiro atoms. The number of esters is 1. The quantitative estimate of drug-likeness (QED) is 0.630. The Morgan fingerprint density at radius 1 is 1.39 bits per heavy atom. The topological polar surface area (TPSA) is 38.3 Å². The Hall–Kier alpha value is -0.920. The number of hydrogen-bond acceptors (Lipinski definition) is 4. The highest BCUT2D eigenvalue weighted by molar-refractivity contribution is 7.81. The summed E-state index contributed by atoms with van der Waals surface area (Å²) in [7, 11) is 0. The molecule has 0 aromatic heterocycles. The van der Waals surface area contributed by atoms with Crippen LogP contribution in [0.3, 0.4) is 0 Å². The lowest BCUT2D eigenvalue weighted by Crippen LogP contribution is -2.44. The number of nitrogens with one attached hydrogen (secondary N) is 1. The molecule has 0 saturated carbocycles. The zero-order valence-electron chi connectivity index (χ0n) is 12.4. The van der Waals surface area contributed by atoms with E-state index in [0.717, 1.165) is 6.07 Å². The average molecular weight is 368 g/mol. The minimum absolute atomic E-state index is 0.304. The highest BCUT2D eigenvalue weighted by atomic mass is 35.5. The lowest BCUT2D eigenvalue weighted by atomic mass is 9.84. The highest BCUT2D eigenvalue weighted by Crippen LogP contribution is 2.41. The number of piperidine rings is 1. The molecule has 1 aromatic carbocycles. The van der Waals surface area contributed by atoms with Gasteiger partial charge in [-0.05, 0) is 37.7 Å². The molecule has 1 N–H and O–H groups in total. The number of thiol groups is 1. The van der Waals surface area contributed by atoms with Crippen LogP contribution in [0.4, 0.5) is 13.2 Å². The highest BCUT2D eigenvalue weighted by Gasteiger charge is 2.41. The summed E-state index contributed by atoms with van der Waals surface area (Å²) in [6, 6.07) is 3.66. The molecule has 3 nitrogen and oxygen atoms in total. The van der Waals surface area contributed by atoms with Gasteiger partial charge < -0.3 is 10.1 Å². The van der Waals surface area contributed by atoms with Crippen LogP contribution >= 0.6 is 24.2 Å². The minimum Gasteiger partial charge on any atom is -0.453 e. The largest absolute Gasteiger partial charge is 0.453 e. The van der Waals surface area contributed by atoms with Crippen molar-refractivity contribution in [3.63, 3.8) is 0 Å². The summed E-state index contributed by atoms with van der Waals surface area (Å²) in [6.07, 6.45) is -3.79. The molecule has 0 amide bonds. The van der Waals surface area contributed by atoms with E-state index >= 15 is 0 Å². The van der Waals surface area contributed by atoms with Gasteiger partial charge in [0.1, 0.15) is 5.60 Å². The maximum Gasteiger partial charge on any atom is 0.417 e. The van der Waals surface area contributed by atoms with E-state index in [4.69, 9.17) is 16.3 Å². The molecule has 1 unspecified atom stereocenters. The third-order valence-corrected chi connectivity index (χ3v) is 4.39. The Balaban J connectivity index is 2.46. The van der Waals surface area contributed by atoms with Crippen molar-refractivity contribution in [2.24, 2.45) is 0 Å². The molecular weight excluding hydrogens is 351 g/mol. The van der Waals surface area contributed by atoms with Crippen LogP contribution in [0.1, 0.15) is 30.9 Å². The first-order valence-corrected chi connectivity index (χ1v) is 8.04. The van der Waals surface area contributed by atoms with E-state index in [0.29, 0.717) is 31.5 Å². The van der Waals surface area contributed by atoms with Gasteiger partial charge in [0.05, 0.1) is 15.8 Å². The second-order valence-electron chi connectivity index (χ2n) is 5.53. The molecule has 1 fully saturated rings. The fourth-order valence-electron chi connectivity index (χ4n) is 2.58. The Morgan fingerprint density at radius 2 is 2.00 bits per heavy atom. The molecule has 0 aliphatic carbocycles. The molecule has 1 heterocycles. The Morgan fingerprint density at radius 3 is 2.52 bits per heavy atom. The maximum atomic E-state index is 13.1. The molecule has 23 heavy (non-hydrogen) atoms. The minimum atomic E-state index is -4.57. The second-order valence-corrected chi connectivity index (χ2v) is 6.72. The van der Waals surface area contributed by atoms with Gasteiger partial charge in [-0.2, -0.15) is 25.8 Å². The Bertz CT molecular complexity index is 587. The van der Waals surface area contributed by atoms with Crippen LogP contribution in [0, 0.1) is 0 Å². The molecule has 0 radical (unpaired) electrons. The van der Waals surface area contributed by atoms with Crippen LogP contribution in [0.2, 0.25) is 5.02 Å². The van der Waals surface area contributed by atoms with Crippen LogP contribution in [-0.2, 0) is 21.3 Å². The monoisotopic (exact) mass is 367 g/mol. The van der Waals surface area contributed by atoms with E-state index in [1.165, 1.54) is 12.1 Å². The van der Waals surface area contributed by atoms with Gasteiger partial charge in [0.15, 0.2) is 0 Å². The fraction of sp³-hybridized carbons (Fsp3) is 0.533. The number of alkyl halides is 3. The third-order valence-electron chi connectivity index (χ3n) is 3.85. The molecule has 2 rings (SSSR count). The summed E-state index contributed by atoms with van der Waals surface area (Å²) in [5.74, 6) is -0.557. The number of hydrogen-bond donors (Lipinski definition) is 2. The number of carbonyl (C=O) groups excluding carboxylic acids is 1. The molecule has 1 saturated heterocycles. The van der Waals surface area contributed by atoms with Crippen molar-refractivity contribution in [2.75, 3.05) is 13.1 Å². The van der Waals surface area contributed by atoms with Crippen LogP contribution in [0.15, 0.2) is 18.2 Å². The van der Waals surface area contributed by atoms with Crippen molar-refractivity contribution in [1.29, 1.82) is 0 Å². The molecular formula is C15H17ClF3NO2S. The SMILES string of the molecule is CC(S)C(=O)OC1(c2ccc(Cl)c(C(F)(F)F)c2)CCNCC1. The van der Waals surface area contributed by atoms with Crippen molar-refractivity contribution < 1.29 is 22.7 Å². The first-order chi connectivity index (χ1) is 10.7. The second kappa shape index (κ2) is 6.91. The smallest absolute Gasteiger partial charge is 0.417 e. The zero-order valence-corrected chi connectivity index (χ0v) is 14.1. The van der Waals surface area contributed by atoms with Crippen LogP contribution in [0.25, 0.3) is 0 Å². The van der Waals surface area contributed by atoms with E-state index in [1.807, 2.05) is 0 Å². The van der Waals surface area contributed by atoms with Crippen molar-refractivity contribution in [1.82, 2.24) is 5.32 Å². The van der Waals surface area contributed by atoms with E-state index in [-0.39, 0.29) is 5.02 Å². The Labute approximate surface area is 142 Å². The normalized spacial score (nSPS) is 19.2. The van der Waals surface area contributed by atoms with Crippen molar-refractivity contribution in [3.8, 4) is 0 Å². The van der Waals surface area contributed by atoms with Crippen LogP contribution in [0.5, 0.6) is 0 Å². The van der Waals surface area contributed by atoms with Crippen LogP contribution in [-0.4, -0.2) is 24.3 Å². The van der Waals surface area contributed by atoms with Crippen molar-refractivity contribution in [3.05, 3.63) is 34.3 Å². The summed E-state index contributed by atoms with van der Waals surface area (Å²) in [5, 5.41) is 2.08. The number of halogens is 4. The van der Waals surface area contributed by atoms with Gasteiger partial charge in [-0.1, -0.05) is 17.7 Å². The number of rotatable bonds is 3. The lowest BCUT2D eigenvalue weighted by Gasteiger charge is -2.38. The summed E-state index contributed by atoms with van der Waals surface area (Å²) >= 11 is 9.70. The summed E-state index contributed by atoms with van der Waals surface area (Å²) in [6.45, 7) is 2.64. The molecule has 1 aliphatic heterocycles. The molecule has 1 aromatic rings. The first-order valence-electron chi connectivity index (χ1n) is 7.14. The number of carbonyl (C=O) groups is 1. The summed E-state index contributed by atoms with van der Waals surface area (Å²) in [5.41, 5.74) is -1.72. The van der Waals surface area contributed by atoms with Gasteiger partial charge >= 0.3 is 12.1 Å². The average Bonchev–Trinajstić information content (AvgIpc) is 2.47. The maximum absolute atomic E-state index is 13.1. The van der Waals surface area contributed by atoms with Gasteiger partial charge in [-0.3, -0.25) is 4.79 Å². The standard InChI is InChI=1S/C15H17ClF3NO2S/c1-9(23)13(21)22-14(4-6-20-7-5-14)10-2-3-12(16)11(8-10)15(17,18)19/h2-3,8-9,20,23H,4-7H2,1H3. The summed E-state index contributed by atoms with van der Waals surface area (Å²) < 4.78 is 44.9. The van der Waals surface area contributed by atoms with Gasteiger partial charge in [0.2, 0.25) is 0 Å². The van der Waals surface area contributed by atoms with Crippen molar-refractivity contribution >= 4 is 30.2 Å². The molecule has 8 heteroatoms. The van der Waals surface area contributed by atoms with E-state index in [2.05, 4.69) is 17.9 Å². The number of ether oxygens (including phenoxy) is 1. The predicted molar refractivity (Wildman–Crippen MR) is 84.8 cm³/mol. The lowest BCUT2D eigenvalue weighted by molar-refractivity contribution is -0.163.